The van der Waals surface area contributed by atoms with Crippen LogP contribution in [0.1, 0.15) is 0 Å². The zero-order valence-corrected chi connectivity index (χ0v) is 13.9. The third-order valence-electron chi connectivity index (χ3n) is 3.32. The van der Waals surface area contributed by atoms with Gasteiger partial charge in [0.15, 0.2) is 5.11 Å². The minimum absolute atomic E-state index is 0.331. The Kier molecular flexibility index (Phi) is 5.57. The van der Waals surface area contributed by atoms with Gasteiger partial charge in [-0.05, 0) is 38.4 Å². The van der Waals surface area contributed by atoms with Gasteiger partial charge in [-0.2, -0.15) is 0 Å². The third-order valence-corrected chi connectivity index (χ3v) is 3.68. The molecule has 0 spiro atoms. The maximum absolute atomic E-state index is 11.8. The smallest absolute Gasteiger partial charge is 0.348 e. The molecule has 2 rings (SSSR count). The van der Waals surface area contributed by atoms with Gasteiger partial charge in [0, 0.05) is 13.1 Å². The van der Waals surface area contributed by atoms with Crippen LogP contribution in [0, 0.1) is 0 Å². The van der Waals surface area contributed by atoms with Crippen molar-refractivity contribution in [2.24, 2.45) is 0 Å². The van der Waals surface area contributed by atoms with Crippen LogP contribution < -0.4 is 15.0 Å². The summed E-state index contributed by atoms with van der Waals surface area (Å²) in [6.45, 7) is 1.93. The Balaban J connectivity index is 2.14. The van der Waals surface area contributed by atoms with E-state index in [9.17, 15) is 4.79 Å². The summed E-state index contributed by atoms with van der Waals surface area (Å²) < 4.78 is 10.5. The quantitative estimate of drug-likeness (QED) is 0.651. The van der Waals surface area contributed by atoms with Crippen molar-refractivity contribution in [1.29, 1.82) is 0 Å². The molecule has 22 heavy (non-hydrogen) atoms. The van der Waals surface area contributed by atoms with Crippen molar-refractivity contribution < 1.29 is 14.3 Å². The number of hydrogen-bond donors (Lipinski definition) is 1. The zero-order valence-electron chi connectivity index (χ0n) is 13.0. The minimum Gasteiger partial charge on any atom is -0.475 e. The molecule has 0 saturated heterocycles. The van der Waals surface area contributed by atoms with Crippen molar-refractivity contribution in [3.63, 3.8) is 0 Å². The average molecular weight is 323 g/mol. The standard InChI is InChI=1S/C15H21N3O3S/c1-17(2)9-8-16-15(22)18-10-13(14(19)20-3)21-12-7-5-4-6-11(12)18/h4-7,13H,8-10H2,1-3H3,(H,16,22)/t13-/m1/s1. The van der Waals surface area contributed by atoms with Crippen molar-refractivity contribution in [1.82, 2.24) is 10.2 Å². The number of thiocarbonyl (C=S) groups is 1. The summed E-state index contributed by atoms with van der Waals surface area (Å²) in [7, 11) is 5.36. The first-order valence-corrected chi connectivity index (χ1v) is 7.47. The molecule has 0 amide bonds. The monoisotopic (exact) mass is 323 g/mol. The number of hydrogen-bond acceptors (Lipinski definition) is 5. The van der Waals surface area contributed by atoms with E-state index < -0.39 is 12.1 Å². The second kappa shape index (κ2) is 7.42. The maximum Gasteiger partial charge on any atom is 0.348 e. The number of esters is 1. The summed E-state index contributed by atoms with van der Waals surface area (Å²) in [5.74, 6) is 0.219. The van der Waals surface area contributed by atoms with Crippen LogP contribution in [0.25, 0.3) is 0 Å². The Hall–Kier alpha value is -1.86. The predicted octanol–water partition coefficient (Wildman–Crippen LogP) is 0.863. The van der Waals surface area contributed by atoms with Gasteiger partial charge in [0.2, 0.25) is 6.10 Å². The number of carbonyl (C=O) groups is 1. The van der Waals surface area contributed by atoms with Crippen LogP contribution in [0.5, 0.6) is 5.75 Å². The number of fused-ring (bicyclic) bond motifs is 1. The van der Waals surface area contributed by atoms with Crippen LogP contribution in [0.3, 0.4) is 0 Å². The van der Waals surface area contributed by atoms with Gasteiger partial charge in [0.25, 0.3) is 0 Å². The fraction of sp³-hybridized carbons (Fsp3) is 0.467. The molecular formula is C15H21N3O3S. The first-order valence-electron chi connectivity index (χ1n) is 7.06. The highest BCUT2D eigenvalue weighted by atomic mass is 32.1. The summed E-state index contributed by atoms with van der Waals surface area (Å²) in [4.78, 5) is 15.8. The molecular weight excluding hydrogens is 302 g/mol. The van der Waals surface area contributed by atoms with Gasteiger partial charge in [-0.1, -0.05) is 12.1 Å². The summed E-state index contributed by atoms with van der Waals surface area (Å²) in [5, 5.41) is 3.79. The van der Waals surface area contributed by atoms with Crippen molar-refractivity contribution in [3.05, 3.63) is 24.3 Å². The van der Waals surface area contributed by atoms with Crippen molar-refractivity contribution >= 4 is 29.0 Å². The van der Waals surface area contributed by atoms with Gasteiger partial charge in [0.05, 0.1) is 19.3 Å². The number of nitrogens with one attached hydrogen (secondary N) is 1. The van der Waals surface area contributed by atoms with Gasteiger partial charge >= 0.3 is 5.97 Å². The number of para-hydroxylation sites is 2. The van der Waals surface area contributed by atoms with Crippen molar-refractivity contribution in [2.45, 2.75) is 6.10 Å². The lowest BCUT2D eigenvalue weighted by Crippen LogP contribution is -2.51. The van der Waals surface area contributed by atoms with Crippen molar-refractivity contribution in [3.8, 4) is 5.75 Å². The van der Waals surface area contributed by atoms with Crippen LogP contribution in [0.4, 0.5) is 5.69 Å². The van der Waals surface area contributed by atoms with Gasteiger partial charge in [-0.3, -0.25) is 0 Å². The lowest BCUT2D eigenvalue weighted by Gasteiger charge is -2.35. The molecule has 7 heteroatoms. The molecule has 1 aromatic rings. The molecule has 1 aromatic carbocycles. The highest BCUT2D eigenvalue weighted by Crippen LogP contribution is 2.33. The normalized spacial score (nSPS) is 16.7. The number of rotatable bonds is 4. The Labute approximate surface area is 136 Å². The molecule has 120 valence electrons. The molecule has 0 bridgehead atoms. The number of methoxy groups -OCH3 is 1. The molecule has 6 nitrogen and oxygen atoms in total. The number of ether oxygens (including phenoxy) is 2. The molecule has 0 aliphatic carbocycles. The largest absolute Gasteiger partial charge is 0.475 e. The fourth-order valence-corrected chi connectivity index (χ4v) is 2.44. The molecule has 0 fully saturated rings. The highest BCUT2D eigenvalue weighted by Gasteiger charge is 2.32. The Bertz CT molecular complexity index is 551. The third kappa shape index (κ3) is 3.86. The Morgan fingerprint density at radius 2 is 2.23 bits per heavy atom. The maximum atomic E-state index is 11.8. The molecule has 1 aliphatic heterocycles. The Morgan fingerprint density at radius 3 is 2.91 bits per heavy atom. The van der Waals surface area contributed by atoms with Crippen LogP contribution in [0.15, 0.2) is 24.3 Å². The molecule has 1 aliphatic rings. The molecule has 0 radical (unpaired) electrons. The van der Waals surface area contributed by atoms with Gasteiger partial charge in [0.1, 0.15) is 5.75 Å². The van der Waals surface area contributed by atoms with E-state index in [0.29, 0.717) is 17.4 Å². The van der Waals surface area contributed by atoms with E-state index in [1.165, 1.54) is 7.11 Å². The predicted molar refractivity (Wildman–Crippen MR) is 89.4 cm³/mol. The van der Waals surface area contributed by atoms with E-state index in [4.69, 9.17) is 21.7 Å². The van der Waals surface area contributed by atoms with E-state index in [1.807, 2.05) is 43.3 Å². The van der Waals surface area contributed by atoms with E-state index in [1.54, 1.807) is 0 Å². The first-order chi connectivity index (χ1) is 10.5. The van der Waals surface area contributed by atoms with Crippen LogP contribution in [-0.2, 0) is 9.53 Å². The van der Waals surface area contributed by atoms with E-state index in [0.717, 1.165) is 18.8 Å². The lowest BCUT2D eigenvalue weighted by molar-refractivity contribution is -0.148. The van der Waals surface area contributed by atoms with Crippen molar-refractivity contribution in [2.75, 3.05) is 45.7 Å². The number of nitrogens with zero attached hydrogens (tertiary/aromatic N) is 2. The summed E-state index contributed by atoms with van der Waals surface area (Å²) in [6, 6.07) is 7.51. The minimum atomic E-state index is -0.687. The molecule has 0 unspecified atom stereocenters. The fourth-order valence-electron chi connectivity index (χ4n) is 2.16. The summed E-state index contributed by atoms with van der Waals surface area (Å²) in [5.41, 5.74) is 0.852. The van der Waals surface area contributed by atoms with Crippen LogP contribution in [-0.4, -0.2) is 62.9 Å². The summed E-state index contributed by atoms with van der Waals surface area (Å²) >= 11 is 5.47. The topological polar surface area (TPSA) is 54.0 Å². The molecule has 1 N–H and O–H groups in total. The zero-order chi connectivity index (χ0) is 16.1. The van der Waals surface area contributed by atoms with Gasteiger partial charge < -0.3 is 24.6 Å². The van der Waals surface area contributed by atoms with E-state index >= 15 is 0 Å². The second-order valence-corrected chi connectivity index (χ2v) is 5.63. The Morgan fingerprint density at radius 1 is 1.50 bits per heavy atom. The number of benzene rings is 1. The average Bonchev–Trinajstić information content (AvgIpc) is 2.52. The molecule has 0 aromatic heterocycles. The van der Waals surface area contributed by atoms with Crippen LogP contribution >= 0.6 is 12.2 Å². The van der Waals surface area contributed by atoms with E-state index in [2.05, 4.69) is 10.2 Å². The second-order valence-electron chi connectivity index (χ2n) is 5.24. The van der Waals surface area contributed by atoms with E-state index in [-0.39, 0.29) is 0 Å². The number of carbonyl (C=O) groups excluding carboxylic acids is 1. The number of anilines is 1. The summed E-state index contributed by atoms with van der Waals surface area (Å²) in [6.07, 6.45) is -0.687. The van der Waals surface area contributed by atoms with Gasteiger partial charge in [-0.15, -0.1) is 0 Å². The molecule has 0 saturated carbocycles. The molecule has 1 atom stereocenters. The lowest BCUT2D eigenvalue weighted by atomic mass is 10.2. The van der Waals surface area contributed by atoms with Gasteiger partial charge in [-0.25, -0.2) is 4.79 Å². The highest BCUT2D eigenvalue weighted by molar-refractivity contribution is 7.80. The first kappa shape index (κ1) is 16.5. The SMILES string of the molecule is COC(=O)[C@H]1CN(C(=S)NCCN(C)C)c2ccccc2O1. The van der Waals surface area contributed by atoms with Crippen LogP contribution in [0.2, 0.25) is 0 Å². The number of likely N-dealkylation sites (N-methyl/N-ethyl adjacent to an activating group) is 1. The molecule has 1 heterocycles.